The molecule has 9 aromatic carbocycles. The molecule has 9 aromatic rings. The molecular weight excluding hydrogens is 615 g/mol. The predicted octanol–water partition coefficient (Wildman–Crippen LogP) is 13.3. The Morgan fingerprint density at radius 2 is 1.00 bits per heavy atom. The Morgan fingerprint density at radius 1 is 0.392 bits per heavy atom. The highest BCUT2D eigenvalue weighted by Crippen LogP contribution is 2.66. The molecule has 1 nitrogen and oxygen atoms in total. The van der Waals surface area contributed by atoms with Crippen molar-refractivity contribution in [2.24, 2.45) is 0 Å². The molecule has 0 aromatic heterocycles. The fraction of sp³-hybridized carbons (Fsp3) is 0.0400. The van der Waals surface area contributed by atoms with Gasteiger partial charge in [-0.15, -0.1) is 0 Å². The fourth-order valence-corrected chi connectivity index (χ4v) is 9.49. The van der Waals surface area contributed by atoms with Crippen LogP contribution in [-0.4, -0.2) is 0 Å². The first kappa shape index (κ1) is 28.4. The van der Waals surface area contributed by atoms with Crippen LogP contribution in [0.2, 0.25) is 0 Å². The van der Waals surface area contributed by atoms with Gasteiger partial charge in [0.1, 0.15) is 0 Å². The van der Waals surface area contributed by atoms with Crippen LogP contribution in [0.1, 0.15) is 27.8 Å². The molecule has 0 N–H and O–H groups in total. The first-order valence-corrected chi connectivity index (χ1v) is 17.9. The summed E-state index contributed by atoms with van der Waals surface area (Å²) in [7, 11) is 0. The van der Waals surface area contributed by atoms with E-state index < -0.39 is 5.41 Å². The van der Waals surface area contributed by atoms with E-state index in [0.29, 0.717) is 0 Å². The van der Waals surface area contributed by atoms with E-state index in [1.165, 1.54) is 88.1 Å². The van der Waals surface area contributed by atoms with Crippen LogP contribution in [0.15, 0.2) is 182 Å². The minimum absolute atomic E-state index is 0.458. The van der Waals surface area contributed by atoms with Gasteiger partial charge in [-0.3, -0.25) is 0 Å². The van der Waals surface area contributed by atoms with E-state index in [-0.39, 0.29) is 0 Å². The Bertz CT molecular complexity index is 2840. The van der Waals surface area contributed by atoms with Crippen molar-refractivity contribution < 1.29 is 0 Å². The number of hydrogen-bond donors (Lipinski definition) is 0. The minimum atomic E-state index is -0.458. The van der Waals surface area contributed by atoms with Crippen molar-refractivity contribution >= 4 is 49.4 Å². The van der Waals surface area contributed by atoms with Crippen molar-refractivity contribution in [2.75, 3.05) is 4.90 Å². The average molecular weight is 648 g/mol. The van der Waals surface area contributed by atoms with Crippen molar-refractivity contribution in [1.29, 1.82) is 0 Å². The van der Waals surface area contributed by atoms with Gasteiger partial charge in [0, 0.05) is 17.1 Å². The Balaban J connectivity index is 1.31. The highest BCUT2D eigenvalue weighted by Gasteiger charge is 2.53. The molecule has 0 unspecified atom stereocenters. The summed E-state index contributed by atoms with van der Waals surface area (Å²) in [4.78, 5) is 2.41. The number of anilines is 3. The van der Waals surface area contributed by atoms with Gasteiger partial charge in [0.15, 0.2) is 0 Å². The van der Waals surface area contributed by atoms with Crippen molar-refractivity contribution in [3.63, 3.8) is 0 Å². The molecule has 0 atom stereocenters. The molecule has 0 aliphatic heterocycles. The summed E-state index contributed by atoms with van der Waals surface area (Å²) < 4.78 is 0. The molecule has 0 amide bonds. The van der Waals surface area contributed by atoms with Crippen molar-refractivity contribution in [3.8, 4) is 22.3 Å². The number of aryl methyl sites for hydroxylation is 1. The van der Waals surface area contributed by atoms with Crippen LogP contribution in [0.3, 0.4) is 0 Å². The van der Waals surface area contributed by atoms with Crippen LogP contribution in [0.25, 0.3) is 54.6 Å². The number of hydrogen-bond acceptors (Lipinski definition) is 1. The number of rotatable bonds is 3. The van der Waals surface area contributed by atoms with E-state index in [1.54, 1.807) is 0 Å². The zero-order chi connectivity index (χ0) is 33.7. The Morgan fingerprint density at radius 3 is 1.75 bits per heavy atom. The van der Waals surface area contributed by atoms with Gasteiger partial charge in [-0.25, -0.2) is 0 Å². The third kappa shape index (κ3) is 3.75. The zero-order valence-corrected chi connectivity index (χ0v) is 28.3. The second-order valence-electron chi connectivity index (χ2n) is 14.1. The summed E-state index contributed by atoms with van der Waals surface area (Å²) in [6.45, 7) is 2.20. The Kier molecular flexibility index (Phi) is 5.86. The van der Waals surface area contributed by atoms with E-state index in [9.17, 15) is 0 Å². The predicted molar refractivity (Wildman–Crippen MR) is 215 cm³/mol. The monoisotopic (exact) mass is 647 g/mol. The van der Waals surface area contributed by atoms with Crippen LogP contribution in [0.5, 0.6) is 0 Å². The molecule has 1 heteroatoms. The van der Waals surface area contributed by atoms with Gasteiger partial charge in [0.05, 0.1) is 5.41 Å². The number of para-hydroxylation sites is 2. The average Bonchev–Trinajstić information content (AvgIpc) is 3.65. The third-order valence-corrected chi connectivity index (χ3v) is 11.5. The van der Waals surface area contributed by atoms with E-state index in [1.807, 2.05) is 0 Å². The number of nitrogens with zero attached hydrogens (tertiary/aromatic N) is 1. The summed E-state index contributed by atoms with van der Waals surface area (Å²) in [6.07, 6.45) is 0. The van der Waals surface area contributed by atoms with Gasteiger partial charge in [0.2, 0.25) is 0 Å². The molecule has 0 saturated carbocycles. The van der Waals surface area contributed by atoms with E-state index in [4.69, 9.17) is 0 Å². The summed E-state index contributed by atoms with van der Waals surface area (Å²) >= 11 is 0. The molecule has 1 spiro atoms. The van der Waals surface area contributed by atoms with Gasteiger partial charge in [-0.1, -0.05) is 140 Å². The summed E-state index contributed by atoms with van der Waals surface area (Å²) in [5, 5.41) is 7.70. The lowest BCUT2D eigenvalue weighted by Gasteiger charge is -2.32. The van der Waals surface area contributed by atoms with Gasteiger partial charge >= 0.3 is 0 Å². The highest BCUT2D eigenvalue weighted by molar-refractivity contribution is 6.21. The standard InChI is InChI=1S/C50H33N/c1-32-15-5-14-26-47(32)51(35-18-3-2-4-19-35)36-27-28-41-42(31-36)37-20-8-9-23-40(37)48-43-29-33-16-6-7-17-34(33)30-46(43)50(49(41)48)44-24-12-10-21-38(44)39-22-11-13-25-45(39)50/h2-31H,1H3. The lowest BCUT2D eigenvalue weighted by Crippen LogP contribution is -2.26. The number of fused-ring (bicyclic) bond motifs is 16. The molecule has 0 saturated heterocycles. The molecule has 238 valence electrons. The maximum absolute atomic E-state index is 2.49. The van der Waals surface area contributed by atoms with E-state index >= 15 is 0 Å². The molecule has 2 aliphatic carbocycles. The van der Waals surface area contributed by atoms with E-state index in [0.717, 1.165) is 11.4 Å². The summed E-state index contributed by atoms with van der Waals surface area (Å²) in [5.41, 5.74) is 15.1. The molecular formula is C50H33N. The molecule has 11 rings (SSSR count). The van der Waals surface area contributed by atoms with Crippen molar-refractivity contribution in [1.82, 2.24) is 0 Å². The highest BCUT2D eigenvalue weighted by atomic mass is 15.1. The van der Waals surface area contributed by atoms with Gasteiger partial charge < -0.3 is 4.90 Å². The lowest BCUT2D eigenvalue weighted by molar-refractivity contribution is 0.803. The molecule has 2 aliphatic rings. The van der Waals surface area contributed by atoms with Gasteiger partial charge in [0.25, 0.3) is 0 Å². The Labute approximate surface area is 297 Å². The molecule has 0 heterocycles. The normalized spacial score (nSPS) is 13.4. The summed E-state index contributed by atoms with van der Waals surface area (Å²) in [6, 6.07) is 67.8. The van der Waals surface area contributed by atoms with Crippen molar-refractivity contribution in [2.45, 2.75) is 12.3 Å². The maximum atomic E-state index is 2.49. The second-order valence-corrected chi connectivity index (χ2v) is 14.1. The first-order chi connectivity index (χ1) is 25.2. The summed E-state index contributed by atoms with van der Waals surface area (Å²) in [5.74, 6) is 0. The SMILES string of the molecule is Cc1ccccc1N(c1ccccc1)c1ccc2c3c(c4ccccc4c2c1)-c1cc2ccccc2cc1C31c2ccccc2-c2ccccc21. The Hall–Kier alpha value is -6.44. The van der Waals surface area contributed by atoms with Gasteiger partial charge in [-0.05, 0) is 132 Å². The molecule has 0 fully saturated rings. The van der Waals surface area contributed by atoms with Crippen LogP contribution >= 0.6 is 0 Å². The molecule has 0 radical (unpaired) electrons. The number of benzene rings is 9. The first-order valence-electron chi connectivity index (χ1n) is 17.9. The van der Waals surface area contributed by atoms with Crippen LogP contribution in [-0.2, 0) is 5.41 Å². The van der Waals surface area contributed by atoms with Crippen LogP contribution in [0, 0.1) is 6.92 Å². The van der Waals surface area contributed by atoms with Crippen LogP contribution < -0.4 is 4.90 Å². The molecule has 51 heavy (non-hydrogen) atoms. The lowest BCUT2D eigenvalue weighted by atomic mass is 9.69. The van der Waals surface area contributed by atoms with Crippen molar-refractivity contribution in [3.05, 3.63) is 210 Å². The van der Waals surface area contributed by atoms with Crippen LogP contribution in [0.4, 0.5) is 17.1 Å². The second kappa shape index (κ2) is 10.5. The third-order valence-electron chi connectivity index (χ3n) is 11.5. The maximum Gasteiger partial charge on any atom is 0.0731 e. The quantitative estimate of drug-likeness (QED) is 0.173. The minimum Gasteiger partial charge on any atom is -0.310 e. The topological polar surface area (TPSA) is 3.24 Å². The van der Waals surface area contributed by atoms with Gasteiger partial charge in [-0.2, -0.15) is 0 Å². The van der Waals surface area contributed by atoms with E-state index in [2.05, 4.69) is 194 Å². The smallest absolute Gasteiger partial charge is 0.0731 e. The largest absolute Gasteiger partial charge is 0.310 e. The fourth-order valence-electron chi connectivity index (χ4n) is 9.49. The molecule has 0 bridgehead atoms. The zero-order valence-electron chi connectivity index (χ0n) is 28.3.